The van der Waals surface area contributed by atoms with E-state index in [9.17, 15) is 0 Å². The summed E-state index contributed by atoms with van der Waals surface area (Å²) in [5, 5.41) is 3.06. The van der Waals surface area contributed by atoms with Crippen molar-refractivity contribution in [3.63, 3.8) is 0 Å². The summed E-state index contributed by atoms with van der Waals surface area (Å²) in [7, 11) is 1.89. The molecule has 1 rings (SSSR count). The predicted octanol–water partition coefficient (Wildman–Crippen LogP) is 1.48. The van der Waals surface area contributed by atoms with Crippen LogP contribution in [0.1, 0.15) is 18.3 Å². The molecule has 0 aliphatic heterocycles. The van der Waals surface area contributed by atoms with Crippen molar-refractivity contribution in [2.45, 2.75) is 20.4 Å². The molecule has 4 heteroatoms. The molecule has 0 atom stereocenters. The molecular weight excluding hydrogens is 192 g/mol. The van der Waals surface area contributed by atoms with Gasteiger partial charge in [0.1, 0.15) is 5.75 Å². The molecule has 84 valence electrons. The third kappa shape index (κ3) is 3.85. The predicted molar refractivity (Wildman–Crippen MR) is 58.9 cm³/mol. The van der Waals surface area contributed by atoms with Gasteiger partial charge in [0.15, 0.2) is 6.79 Å². The average molecular weight is 210 g/mol. The van der Waals surface area contributed by atoms with Gasteiger partial charge in [0, 0.05) is 18.8 Å². The molecule has 0 saturated carbocycles. The Bertz CT molecular complexity index is 303. The van der Waals surface area contributed by atoms with Crippen LogP contribution in [0.15, 0.2) is 12.1 Å². The number of aryl methyl sites for hydroxylation is 1. The van der Waals surface area contributed by atoms with Crippen LogP contribution in [0.2, 0.25) is 0 Å². The van der Waals surface area contributed by atoms with Gasteiger partial charge >= 0.3 is 0 Å². The highest BCUT2D eigenvalue weighted by atomic mass is 16.7. The Morgan fingerprint density at radius 2 is 2.20 bits per heavy atom. The third-order valence-electron chi connectivity index (χ3n) is 1.92. The van der Waals surface area contributed by atoms with Gasteiger partial charge in [0.05, 0.1) is 5.69 Å². The van der Waals surface area contributed by atoms with E-state index in [1.807, 2.05) is 33.0 Å². The molecule has 0 radical (unpaired) electrons. The summed E-state index contributed by atoms with van der Waals surface area (Å²) in [5.74, 6) is 0.781. The molecule has 0 aliphatic carbocycles. The zero-order chi connectivity index (χ0) is 11.1. The highest BCUT2D eigenvalue weighted by Gasteiger charge is 2.04. The molecule has 1 aromatic heterocycles. The van der Waals surface area contributed by atoms with E-state index in [0.717, 1.165) is 17.1 Å². The Morgan fingerprint density at radius 3 is 2.87 bits per heavy atom. The van der Waals surface area contributed by atoms with Gasteiger partial charge in [0.2, 0.25) is 0 Å². The average Bonchev–Trinajstić information content (AvgIpc) is 2.22. The van der Waals surface area contributed by atoms with Crippen LogP contribution < -0.4 is 10.1 Å². The zero-order valence-corrected chi connectivity index (χ0v) is 9.54. The summed E-state index contributed by atoms with van der Waals surface area (Å²) in [4.78, 5) is 4.40. The maximum Gasteiger partial charge on any atom is 0.189 e. The van der Waals surface area contributed by atoms with Crippen molar-refractivity contribution in [1.29, 1.82) is 0 Å². The Labute approximate surface area is 90.6 Å². The third-order valence-corrected chi connectivity index (χ3v) is 1.92. The number of rotatable bonds is 6. The van der Waals surface area contributed by atoms with Crippen molar-refractivity contribution in [1.82, 2.24) is 10.3 Å². The first-order valence-corrected chi connectivity index (χ1v) is 5.09. The summed E-state index contributed by atoms with van der Waals surface area (Å²) >= 11 is 0. The van der Waals surface area contributed by atoms with Crippen LogP contribution in [0.4, 0.5) is 0 Å². The van der Waals surface area contributed by atoms with E-state index in [-0.39, 0.29) is 6.79 Å². The maximum absolute atomic E-state index is 5.46. The van der Waals surface area contributed by atoms with Gasteiger partial charge in [-0.05, 0) is 33.0 Å². The van der Waals surface area contributed by atoms with E-state index in [1.54, 1.807) is 0 Å². The standard InChI is InChI=1S/C11H18N2O2/c1-4-14-8-15-11-6-5-9(2)13-10(11)7-12-3/h5-6,12H,4,7-8H2,1-3H3. The molecule has 0 bridgehead atoms. The van der Waals surface area contributed by atoms with Crippen molar-refractivity contribution in [2.75, 3.05) is 20.4 Å². The molecule has 0 aliphatic rings. The number of hydrogen-bond acceptors (Lipinski definition) is 4. The second-order valence-electron chi connectivity index (χ2n) is 3.18. The molecule has 0 unspecified atom stereocenters. The summed E-state index contributed by atoms with van der Waals surface area (Å²) in [6.45, 7) is 5.53. The van der Waals surface area contributed by atoms with Crippen LogP contribution in [0.3, 0.4) is 0 Å². The smallest absolute Gasteiger partial charge is 0.189 e. The second kappa shape index (κ2) is 6.37. The van der Waals surface area contributed by atoms with E-state index in [1.165, 1.54) is 0 Å². The molecular formula is C11H18N2O2. The van der Waals surface area contributed by atoms with E-state index >= 15 is 0 Å². The normalized spacial score (nSPS) is 10.3. The first kappa shape index (κ1) is 11.9. The monoisotopic (exact) mass is 210 g/mol. The van der Waals surface area contributed by atoms with Gasteiger partial charge < -0.3 is 14.8 Å². The van der Waals surface area contributed by atoms with Crippen molar-refractivity contribution >= 4 is 0 Å². The first-order chi connectivity index (χ1) is 7.27. The molecule has 0 amide bonds. The molecule has 0 spiro atoms. The van der Waals surface area contributed by atoms with Gasteiger partial charge in [-0.2, -0.15) is 0 Å². The van der Waals surface area contributed by atoms with Crippen LogP contribution >= 0.6 is 0 Å². The number of pyridine rings is 1. The van der Waals surface area contributed by atoms with E-state index < -0.39 is 0 Å². The molecule has 0 saturated heterocycles. The van der Waals surface area contributed by atoms with Crippen molar-refractivity contribution < 1.29 is 9.47 Å². The highest BCUT2D eigenvalue weighted by Crippen LogP contribution is 2.16. The lowest BCUT2D eigenvalue weighted by atomic mass is 10.3. The maximum atomic E-state index is 5.46. The topological polar surface area (TPSA) is 43.4 Å². The molecule has 4 nitrogen and oxygen atoms in total. The number of aromatic nitrogens is 1. The summed E-state index contributed by atoms with van der Waals surface area (Å²) in [5.41, 5.74) is 1.90. The highest BCUT2D eigenvalue weighted by molar-refractivity contribution is 5.29. The molecule has 1 aromatic rings. The van der Waals surface area contributed by atoms with Crippen LogP contribution in [0.25, 0.3) is 0 Å². The summed E-state index contributed by atoms with van der Waals surface area (Å²) < 4.78 is 10.6. The number of hydrogen-bond donors (Lipinski definition) is 1. The molecule has 1 N–H and O–H groups in total. The van der Waals surface area contributed by atoms with E-state index in [0.29, 0.717) is 13.2 Å². The van der Waals surface area contributed by atoms with Crippen LogP contribution in [-0.4, -0.2) is 25.4 Å². The molecule has 15 heavy (non-hydrogen) atoms. The Morgan fingerprint density at radius 1 is 1.40 bits per heavy atom. The van der Waals surface area contributed by atoms with Gasteiger partial charge in [-0.1, -0.05) is 0 Å². The molecule has 1 heterocycles. The Hall–Kier alpha value is -1.13. The van der Waals surface area contributed by atoms with Crippen LogP contribution in [-0.2, 0) is 11.3 Å². The van der Waals surface area contributed by atoms with E-state index in [2.05, 4.69) is 10.3 Å². The minimum absolute atomic E-state index is 0.276. The van der Waals surface area contributed by atoms with Crippen LogP contribution in [0, 0.1) is 6.92 Å². The van der Waals surface area contributed by atoms with Crippen molar-refractivity contribution in [3.05, 3.63) is 23.5 Å². The quantitative estimate of drug-likeness (QED) is 0.570. The number of ether oxygens (including phenoxy) is 2. The molecule has 0 aromatic carbocycles. The molecule has 0 fully saturated rings. The van der Waals surface area contributed by atoms with Gasteiger partial charge in [0.25, 0.3) is 0 Å². The minimum Gasteiger partial charge on any atom is -0.466 e. The van der Waals surface area contributed by atoms with Crippen molar-refractivity contribution in [2.24, 2.45) is 0 Å². The fraction of sp³-hybridized carbons (Fsp3) is 0.545. The van der Waals surface area contributed by atoms with Crippen molar-refractivity contribution in [3.8, 4) is 5.75 Å². The first-order valence-electron chi connectivity index (χ1n) is 5.09. The second-order valence-corrected chi connectivity index (χ2v) is 3.18. The van der Waals surface area contributed by atoms with Gasteiger partial charge in [-0.3, -0.25) is 4.98 Å². The lowest BCUT2D eigenvalue weighted by Crippen LogP contribution is -2.11. The number of nitrogens with zero attached hydrogens (tertiary/aromatic N) is 1. The van der Waals surface area contributed by atoms with E-state index in [4.69, 9.17) is 9.47 Å². The minimum atomic E-state index is 0.276. The largest absolute Gasteiger partial charge is 0.466 e. The summed E-state index contributed by atoms with van der Waals surface area (Å²) in [6, 6.07) is 3.86. The SMILES string of the molecule is CCOCOc1ccc(C)nc1CNC. The zero-order valence-electron chi connectivity index (χ0n) is 9.54. The summed E-state index contributed by atoms with van der Waals surface area (Å²) in [6.07, 6.45) is 0. The fourth-order valence-electron chi connectivity index (χ4n) is 1.21. The van der Waals surface area contributed by atoms with Crippen LogP contribution in [0.5, 0.6) is 5.75 Å². The van der Waals surface area contributed by atoms with Gasteiger partial charge in [-0.15, -0.1) is 0 Å². The Balaban J connectivity index is 2.67. The number of nitrogens with one attached hydrogen (secondary N) is 1. The Kier molecular flexibility index (Phi) is 5.07. The lowest BCUT2D eigenvalue weighted by molar-refractivity contribution is 0.0215. The lowest BCUT2D eigenvalue weighted by Gasteiger charge is -2.10. The fourth-order valence-corrected chi connectivity index (χ4v) is 1.21. The van der Waals surface area contributed by atoms with Gasteiger partial charge in [-0.25, -0.2) is 0 Å².